The molecular weight excluding hydrogens is 258 g/mol. The molecule has 0 heterocycles. The highest BCUT2D eigenvalue weighted by Gasteiger charge is 2.26. The molecule has 3 atom stereocenters. The van der Waals surface area contributed by atoms with Gasteiger partial charge in [0.2, 0.25) is 0 Å². The summed E-state index contributed by atoms with van der Waals surface area (Å²) in [6.45, 7) is 5.45. The summed E-state index contributed by atoms with van der Waals surface area (Å²) in [5, 5.41) is 16.3. The van der Waals surface area contributed by atoms with Crippen LogP contribution in [0.2, 0.25) is 0 Å². The molecule has 2 heteroatoms. The molecule has 0 aliphatic heterocycles. The van der Waals surface area contributed by atoms with Crippen LogP contribution in [0, 0.1) is 11.8 Å². The lowest BCUT2D eigenvalue weighted by atomic mass is 9.78. The van der Waals surface area contributed by atoms with E-state index in [2.05, 4.69) is 31.3 Å². The van der Waals surface area contributed by atoms with Crippen molar-refractivity contribution in [3.8, 4) is 5.75 Å². The van der Waals surface area contributed by atoms with Crippen LogP contribution in [0.25, 0.3) is 10.8 Å². The highest BCUT2D eigenvalue weighted by atomic mass is 16.3. The summed E-state index contributed by atoms with van der Waals surface area (Å²) in [5.74, 6) is 1.89. The summed E-state index contributed by atoms with van der Waals surface area (Å²) in [6.07, 6.45) is 3.90. The molecule has 0 bridgehead atoms. The first-order chi connectivity index (χ1) is 10.2. The van der Waals surface area contributed by atoms with Gasteiger partial charge in [-0.2, -0.15) is 0 Å². The minimum absolute atomic E-state index is 0.401. The smallest absolute Gasteiger partial charge is 0.120 e. The van der Waals surface area contributed by atoms with Crippen LogP contribution in [0.4, 0.5) is 0 Å². The maximum Gasteiger partial charge on any atom is 0.120 e. The summed E-state index contributed by atoms with van der Waals surface area (Å²) < 4.78 is 0. The molecule has 2 aromatic carbocycles. The Morgan fingerprint density at radius 1 is 1.10 bits per heavy atom. The molecule has 0 amide bonds. The SMILES string of the molecule is CC1CCCC(NCc2c(O)ccc3ccccc23)C1C. The summed E-state index contributed by atoms with van der Waals surface area (Å²) in [6, 6.07) is 12.6. The van der Waals surface area contributed by atoms with Crippen molar-refractivity contribution in [2.75, 3.05) is 0 Å². The minimum Gasteiger partial charge on any atom is -0.508 e. The molecule has 0 aromatic heterocycles. The predicted molar refractivity (Wildman–Crippen MR) is 88.4 cm³/mol. The molecule has 0 spiro atoms. The summed E-state index contributed by atoms with van der Waals surface area (Å²) in [5.41, 5.74) is 1.03. The maximum atomic E-state index is 10.2. The number of hydrogen-bond donors (Lipinski definition) is 2. The van der Waals surface area contributed by atoms with Gasteiger partial charge in [0.05, 0.1) is 0 Å². The molecule has 2 aromatic rings. The van der Waals surface area contributed by atoms with E-state index in [1.807, 2.05) is 24.3 Å². The van der Waals surface area contributed by atoms with Gasteiger partial charge in [0.25, 0.3) is 0 Å². The van der Waals surface area contributed by atoms with E-state index in [9.17, 15) is 5.11 Å². The third kappa shape index (κ3) is 2.91. The third-order valence-corrected chi connectivity index (χ3v) is 5.26. The zero-order valence-electron chi connectivity index (χ0n) is 13.0. The number of rotatable bonds is 3. The van der Waals surface area contributed by atoms with Gasteiger partial charge in [0.15, 0.2) is 0 Å². The molecule has 1 fully saturated rings. The van der Waals surface area contributed by atoms with Crippen LogP contribution in [-0.4, -0.2) is 11.1 Å². The number of nitrogens with one attached hydrogen (secondary N) is 1. The van der Waals surface area contributed by atoms with Crippen LogP contribution in [0.1, 0.15) is 38.7 Å². The molecule has 2 N–H and O–H groups in total. The lowest BCUT2D eigenvalue weighted by molar-refractivity contribution is 0.205. The first-order valence-electron chi connectivity index (χ1n) is 8.10. The van der Waals surface area contributed by atoms with Crippen LogP contribution in [0.3, 0.4) is 0 Å². The Morgan fingerprint density at radius 3 is 2.76 bits per heavy atom. The van der Waals surface area contributed by atoms with Crippen LogP contribution >= 0.6 is 0 Å². The monoisotopic (exact) mass is 283 g/mol. The van der Waals surface area contributed by atoms with Gasteiger partial charge >= 0.3 is 0 Å². The Bertz CT molecular complexity index is 622. The molecule has 1 aliphatic carbocycles. The Hall–Kier alpha value is -1.54. The van der Waals surface area contributed by atoms with Gasteiger partial charge in [-0.3, -0.25) is 0 Å². The second-order valence-corrected chi connectivity index (χ2v) is 6.54. The first kappa shape index (κ1) is 14.4. The lowest BCUT2D eigenvalue weighted by Crippen LogP contribution is -2.40. The van der Waals surface area contributed by atoms with Gasteiger partial charge < -0.3 is 10.4 Å². The Kier molecular flexibility index (Phi) is 4.16. The van der Waals surface area contributed by atoms with Crippen LogP contribution in [0.5, 0.6) is 5.75 Å². The van der Waals surface area contributed by atoms with Crippen LogP contribution in [0.15, 0.2) is 36.4 Å². The third-order valence-electron chi connectivity index (χ3n) is 5.26. The van der Waals surface area contributed by atoms with Crippen LogP contribution < -0.4 is 5.32 Å². The highest BCUT2D eigenvalue weighted by Crippen LogP contribution is 2.31. The predicted octanol–water partition coefficient (Wildman–Crippen LogP) is 4.46. The summed E-state index contributed by atoms with van der Waals surface area (Å²) in [7, 11) is 0. The van der Waals surface area contributed by atoms with Gasteiger partial charge in [-0.1, -0.05) is 57.0 Å². The fourth-order valence-corrected chi connectivity index (χ4v) is 3.61. The fraction of sp³-hybridized carbons (Fsp3) is 0.474. The van der Waals surface area contributed by atoms with Crippen molar-refractivity contribution in [1.82, 2.24) is 5.32 Å². The number of aromatic hydroxyl groups is 1. The molecule has 1 aliphatic rings. The van der Waals surface area contributed by atoms with Crippen molar-refractivity contribution in [2.24, 2.45) is 11.8 Å². The topological polar surface area (TPSA) is 32.3 Å². The normalized spacial score (nSPS) is 26.1. The molecule has 21 heavy (non-hydrogen) atoms. The van der Waals surface area contributed by atoms with Crippen molar-refractivity contribution in [3.63, 3.8) is 0 Å². The van der Waals surface area contributed by atoms with E-state index in [1.54, 1.807) is 0 Å². The Labute approximate surface area is 127 Å². The van der Waals surface area contributed by atoms with Gasteiger partial charge in [-0.15, -0.1) is 0 Å². The molecule has 2 nitrogen and oxygen atoms in total. The van der Waals surface area contributed by atoms with Crippen molar-refractivity contribution < 1.29 is 5.11 Å². The zero-order valence-corrected chi connectivity index (χ0v) is 13.0. The van der Waals surface area contributed by atoms with E-state index in [0.29, 0.717) is 17.7 Å². The second kappa shape index (κ2) is 6.07. The van der Waals surface area contributed by atoms with E-state index in [0.717, 1.165) is 23.4 Å². The quantitative estimate of drug-likeness (QED) is 0.871. The molecule has 3 rings (SSSR count). The number of fused-ring (bicyclic) bond motifs is 1. The summed E-state index contributed by atoms with van der Waals surface area (Å²) in [4.78, 5) is 0. The van der Waals surface area contributed by atoms with Crippen LogP contribution in [-0.2, 0) is 6.54 Å². The Balaban J connectivity index is 1.80. The average molecular weight is 283 g/mol. The molecular formula is C19H25NO. The van der Waals surface area contributed by atoms with Crippen molar-refractivity contribution in [3.05, 3.63) is 42.0 Å². The van der Waals surface area contributed by atoms with Gasteiger partial charge in [0, 0.05) is 18.2 Å². The highest BCUT2D eigenvalue weighted by molar-refractivity contribution is 5.87. The number of hydrogen-bond acceptors (Lipinski definition) is 2. The van der Waals surface area contributed by atoms with E-state index < -0.39 is 0 Å². The summed E-state index contributed by atoms with van der Waals surface area (Å²) >= 11 is 0. The van der Waals surface area contributed by atoms with E-state index in [1.165, 1.54) is 24.6 Å². The second-order valence-electron chi connectivity index (χ2n) is 6.54. The first-order valence-corrected chi connectivity index (χ1v) is 8.10. The number of phenols is 1. The standard InChI is InChI=1S/C19H25NO/c1-13-6-5-9-18(14(13)2)20-12-17-16-8-4-3-7-15(16)10-11-19(17)21/h3-4,7-8,10-11,13-14,18,20-21H,5-6,9,12H2,1-2H3. The molecule has 0 radical (unpaired) electrons. The van der Waals surface area contributed by atoms with Gasteiger partial charge in [-0.25, -0.2) is 0 Å². The van der Waals surface area contributed by atoms with E-state index in [-0.39, 0.29) is 0 Å². The zero-order chi connectivity index (χ0) is 14.8. The van der Waals surface area contributed by atoms with Crippen molar-refractivity contribution >= 4 is 10.8 Å². The van der Waals surface area contributed by atoms with Crippen molar-refractivity contribution in [1.29, 1.82) is 0 Å². The van der Waals surface area contributed by atoms with Crippen molar-refractivity contribution in [2.45, 2.75) is 45.7 Å². The lowest BCUT2D eigenvalue weighted by Gasteiger charge is -2.35. The average Bonchev–Trinajstić information content (AvgIpc) is 2.50. The number of benzene rings is 2. The molecule has 3 unspecified atom stereocenters. The largest absolute Gasteiger partial charge is 0.508 e. The Morgan fingerprint density at radius 2 is 1.90 bits per heavy atom. The number of phenolic OH excluding ortho intramolecular Hbond substituents is 1. The van der Waals surface area contributed by atoms with Gasteiger partial charge in [0.1, 0.15) is 5.75 Å². The molecule has 0 saturated heterocycles. The van der Waals surface area contributed by atoms with E-state index >= 15 is 0 Å². The molecule has 112 valence electrons. The molecule has 1 saturated carbocycles. The van der Waals surface area contributed by atoms with Gasteiger partial charge in [-0.05, 0) is 35.1 Å². The minimum atomic E-state index is 0.401. The maximum absolute atomic E-state index is 10.2. The fourth-order valence-electron chi connectivity index (χ4n) is 3.61. The van der Waals surface area contributed by atoms with E-state index in [4.69, 9.17) is 0 Å².